The second-order valence-corrected chi connectivity index (χ2v) is 4.10. The minimum absolute atomic E-state index is 0.0162. The van der Waals surface area contributed by atoms with Gasteiger partial charge in [0.2, 0.25) is 0 Å². The van der Waals surface area contributed by atoms with Crippen molar-refractivity contribution in [2.45, 2.75) is 12.0 Å². The molecule has 0 saturated carbocycles. The highest BCUT2D eigenvalue weighted by Gasteiger charge is 2.24. The number of rotatable bonds is 4. The van der Waals surface area contributed by atoms with Gasteiger partial charge in [0, 0.05) is 30.9 Å². The van der Waals surface area contributed by atoms with Gasteiger partial charge in [-0.25, -0.2) is 18.7 Å². The second kappa shape index (κ2) is 5.81. The number of hydrogen-bond donors (Lipinski definition) is 2. The molecule has 100 valence electrons. The first kappa shape index (κ1) is 13.5. The van der Waals surface area contributed by atoms with Crippen molar-refractivity contribution in [3.63, 3.8) is 0 Å². The van der Waals surface area contributed by atoms with Crippen molar-refractivity contribution in [2.24, 2.45) is 5.73 Å². The van der Waals surface area contributed by atoms with Crippen LogP contribution >= 0.6 is 0 Å². The molecule has 4 nitrogen and oxygen atoms in total. The van der Waals surface area contributed by atoms with Crippen molar-refractivity contribution in [1.82, 2.24) is 9.97 Å². The van der Waals surface area contributed by atoms with Gasteiger partial charge >= 0.3 is 0 Å². The topological polar surface area (TPSA) is 72.0 Å². The summed E-state index contributed by atoms with van der Waals surface area (Å²) >= 11 is 0. The third-order valence-electron chi connectivity index (χ3n) is 2.80. The maximum absolute atomic E-state index is 13.2. The molecule has 3 N–H and O–H groups in total. The summed E-state index contributed by atoms with van der Waals surface area (Å²) in [7, 11) is 0. The highest BCUT2D eigenvalue weighted by molar-refractivity contribution is 5.24. The van der Waals surface area contributed by atoms with E-state index < -0.39 is 23.7 Å². The molecule has 0 saturated heterocycles. The number of nitrogens with two attached hydrogens (primary N) is 1. The van der Waals surface area contributed by atoms with Crippen molar-refractivity contribution in [1.29, 1.82) is 0 Å². The minimum atomic E-state index is -1.12. The molecule has 2 rings (SSSR count). The number of aliphatic hydroxyl groups is 1. The fourth-order valence-corrected chi connectivity index (χ4v) is 1.88. The lowest BCUT2D eigenvalue weighted by molar-refractivity contribution is 0.137. The van der Waals surface area contributed by atoms with Crippen LogP contribution in [0.5, 0.6) is 0 Å². The van der Waals surface area contributed by atoms with Crippen molar-refractivity contribution < 1.29 is 13.9 Å². The molecule has 19 heavy (non-hydrogen) atoms. The summed E-state index contributed by atoms with van der Waals surface area (Å²) in [6, 6.07) is 4.66. The molecule has 0 aliphatic heterocycles. The lowest BCUT2D eigenvalue weighted by Gasteiger charge is -2.20. The van der Waals surface area contributed by atoms with E-state index in [1.807, 2.05) is 0 Å². The van der Waals surface area contributed by atoms with Gasteiger partial charge in [-0.15, -0.1) is 0 Å². The van der Waals surface area contributed by atoms with E-state index in [1.54, 1.807) is 6.07 Å². The zero-order valence-electron chi connectivity index (χ0n) is 10.0. The Morgan fingerprint density at radius 3 is 2.21 bits per heavy atom. The van der Waals surface area contributed by atoms with Crippen LogP contribution in [0.2, 0.25) is 0 Å². The van der Waals surface area contributed by atoms with E-state index in [9.17, 15) is 13.9 Å². The molecule has 2 unspecified atom stereocenters. The maximum Gasteiger partial charge on any atom is 0.157 e. The quantitative estimate of drug-likeness (QED) is 0.879. The molecule has 2 aromatic rings. The lowest BCUT2D eigenvalue weighted by Crippen LogP contribution is -2.22. The Hall–Kier alpha value is -1.92. The van der Waals surface area contributed by atoms with E-state index in [2.05, 4.69) is 9.97 Å². The molecule has 1 aromatic heterocycles. The summed E-state index contributed by atoms with van der Waals surface area (Å²) in [6.45, 7) is 0.0162. The third-order valence-corrected chi connectivity index (χ3v) is 2.80. The molecule has 0 bridgehead atoms. The van der Waals surface area contributed by atoms with E-state index in [4.69, 9.17) is 5.73 Å². The predicted molar refractivity (Wildman–Crippen MR) is 65.1 cm³/mol. The van der Waals surface area contributed by atoms with Gasteiger partial charge < -0.3 is 10.8 Å². The van der Waals surface area contributed by atoms with Crippen LogP contribution < -0.4 is 5.73 Å². The molecule has 0 fully saturated rings. The molecule has 0 aliphatic carbocycles. The molecule has 0 amide bonds. The van der Waals surface area contributed by atoms with Gasteiger partial charge in [0.15, 0.2) is 5.82 Å². The summed E-state index contributed by atoms with van der Waals surface area (Å²) in [5, 5.41) is 10.2. The van der Waals surface area contributed by atoms with Crippen LogP contribution in [0, 0.1) is 11.6 Å². The van der Waals surface area contributed by atoms with Gasteiger partial charge in [0.05, 0.1) is 0 Å². The first-order chi connectivity index (χ1) is 9.11. The van der Waals surface area contributed by atoms with E-state index in [0.29, 0.717) is 0 Å². The van der Waals surface area contributed by atoms with Gasteiger partial charge in [-0.1, -0.05) is 0 Å². The van der Waals surface area contributed by atoms with Crippen LogP contribution in [0.4, 0.5) is 8.78 Å². The van der Waals surface area contributed by atoms with Crippen LogP contribution in [-0.4, -0.2) is 21.6 Å². The summed E-state index contributed by atoms with van der Waals surface area (Å²) in [5.41, 5.74) is 5.86. The Labute approximate surface area is 108 Å². The number of nitrogens with zero attached hydrogens (tertiary/aromatic N) is 2. The van der Waals surface area contributed by atoms with Gasteiger partial charge in [-0.3, -0.25) is 0 Å². The van der Waals surface area contributed by atoms with Gasteiger partial charge in [0.25, 0.3) is 0 Å². The van der Waals surface area contributed by atoms with Gasteiger partial charge in [-0.2, -0.15) is 0 Å². The van der Waals surface area contributed by atoms with Gasteiger partial charge in [0.1, 0.15) is 17.7 Å². The van der Waals surface area contributed by atoms with Crippen LogP contribution in [0.1, 0.15) is 23.4 Å². The number of aliphatic hydroxyl groups excluding tert-OH is 1. The molecular formula is C13H13F2N3O. The second-order valence-electron chi connectivity index (χ2n) is 4.10. The van der Waals surface area contributed by atoms with E-state index in [1.165, 1.54) is 12.4 Å². The molecule has 0 spiro atoms. The Balaban J connectivity index is 2.34. The van der Waals surface area contributed by atoms with Crippen LogP contribution in [-0.2, 0) is 0 Å². The molecule has 0 aliphatic rings. The standard InChI is InChI=1S/C13H13F2N3O/c14-9-4-8(5-10(15)6-9)11(7-16)12(19)13-17-2-1-3-18-13/h1-6,11-12,19H,7,16H2. The van der Waals surface area contributed by atoms with E-state index >= 15 is 0 Å². The molecule has 2 atom stereocenters. The van der Waals surface area contributed by atoms with E-state index in [-0.39, 0.29) is 17.9 Å². The first-order valence-corrected chi connectivity index (χ1v) is 5.73. The molecule has 0 radical (unpaired) electrons. The largest absolute Gasteiger partial charge is 0.384 e. The SMILES string of the molecule is NCC(c1cc(F)cc(F)c1)C(O)c1ncccn1. The van der Waals surface area contributed by atoms with Crippen molar-refractivity contribution in [2.75, 3.05) is 6.54 Å². The Morgan fingerprint density at radius 2 is 1.68 bits per heavy atom. The zero-order chi connectivity index (χ0) is 13.8. The number of hydrogen-bond acceptors (Lipinski definition) is 4. The summed E-state index contributed by atoms with van der Waals surface area (Å²) in [5.74, 6) is -1.93. The van der Waals surface area contributed by atoms with Gasteiger partial charge in [-0.05, 0) is 23.8 Å². The molecular weight excluding hydrogens is 252 g/mol. The smallest absolute Gasteiger partial charge is 0.157 e. The Kier molecular flexibility index (Phi) is 4.13. The Bertz CT molecular complexity index is 531. The normalized spacial score (nSPS) is 14.1. The lowest BCUT2D eigenvalue weighted by atomic mass is 9.92. The summed E-state index contributed by atoms with van der Waals surface area (Å²) in [6.07, 6.45) is 1.84. The maximum atomic E-state index is 13.2. The van der Waals surface area contributed by atoms with Crippen LogP contribution in [0.25, 0.3) is 0 Å². The summed E-state index contributed by atoms with van der Waals surface area (Å²) in [4.78, 5) is 7.83. The van der Waals surface area contributed by atoms with Crippen molar-refractivity contribution in [3.05, 3.63) is 59.7 Å². The fourth-order valence-electron chi connectivity index (χ4n) is 1.88. The third kappa shape index (κ3) is 3.10. The number of benzene rings is 1. The van der Waals surface area contributed by atoms with Crippen molar-refractivity contribution >= 4 is 0 Å². The van der Waals surface area contributed by atoms with Crippen LogP contribution in [0.15, 0.2) is 36.7 Å². The fraction of sp³-hybridized carbons (Fsp3) is 0.231. The van der Waals surface area contributed by atoms with Crippen LogP contribution in [0.3, 0.4) is 0 Å². The minimum Gasteiger partial charge on any atom is -0.384 e. The zero-order valence-corrected chi connectivity index (χ0v) is 10.0. The average molecular weight is 265 g/mol. The first-order valence-electron chi connectivity index (χ1n) is 5.73. The number of halogens is 2. The summed E-state index contributed by atoms with van der Waals surface area (Å²) < 4.78 is 26.4. The number of aromatic nitrogens is 2. The highest BCUT2D eigenvalue weighted by Crippen LogP contribution is 2.28. The highest BCUT2D eigenvalue weighted by atomic mass is 19.1. The average Bonchev–Trinajstić information content (AvgIpc) is 2.39. The molecule has 6 heteroatoms. The Morgan fingerprint density at radius 1 is 1.11 bits per heavy atom. The predicted octanol–water partition coefficient (Wildman–Crippen LogP) is 1.53. The van der Waals surface area contributed by atoms with Crippen molar-refractivity contribution in [3.8, 4) is 0 Å². The molecule has 1 heterocycles. The monoisotopic (exact) mass is 265 g/mol. The molecule has 1 aromatic carbocycles. The van der Waals surface area contributed by atoms with E-state index in [0.717, 1.165) is 18.2 Å².